The maximum absolute atomic E-state index is 5.38. The van der Waals surface area contributed by atoms with E-state index in [0.717, 1.165) is 19.3 Å². The third-order valence-corrected chi connectivity index (χ3v) is 23.9. The average molecular weight is 952 g/mol. The molecule has 4 unspecified atom stereocenters. The molecule has 0 spiro atoms. The zero-order valence-electron chi connectivity index (χ0n) is 50.8. The van der Waals surface area contributed by atoms with Crippen LogP contribution in [0.25, 0.3) is 11.1 Å². The van der Waals surface area contributed by atoms with Crippen LogP contribution in [0, 0.1) is 58.2 Å². The topological polar surface area (TPSA) is 0 Å². The van der Waals surface area contributed by atoms with Gasteiger partial charge in [-0.15, -0.1) is 0 Å². The first kappa shape index (κ1) is 53.4. The Morgan fingerprint density at radius 1 is 0.394 bits per heavy atom. The van der Waals surface area contributed by atoms with E-state index >= 15 is 0 Å². The fourth-order valence-corrected chi connectivity index (χ4v) is 16.1. The van der Waals surface area contributed by atoms with Crippen LogP contribution in [0.4, 0.5) is 0 Å². The van der Waals surface area contributed by atoms with Gasteiger partial charge in [0.25, 0.3) is 0 Å². The summed E-state index contributed by atoms with van der Waals surface area (Å²) in [6.45, 7) is 80.0. The fourth-order valence-electron chi connectivity index (χ4n) is 16.1. The van der Waals surface area contributed by atoms with E-state index in [9.17, 15) is 0 Å². The van der Waals surface area contributed by atoms with E-state index in [4.69, 9.17) is 13.2 Å². The van der Waals surface area contributed by atoms with Gasteiger partial charge in [0.15, 0.2) is 0 Å². The number of hydrogen-bond acceptors (Lipinski definition) is 0. The first-order chi connectivity index (χ1) is 32.3. The van der Waals surface area contributed by atoms with E-state index in [2.05, 4.69) is 194 Å². The Labute approximate surface area is 436 Å². The van der Waals surface area contributed by atoms with Crippen LogP contribution in [0.15, 0.2) is 125 Å². The second kappa shape index (κ2) is 16.3. The molecule has 0 fully saturated rings. The summed E-state index contributed by atoms with van der Waals surface area (Å²) < 4.78 is 0. The first-order valence-electron chi connectivity index (χ1n) is 27.8. The molecule has 382 valence electrons. The maximum Gasteiger partial charge on any atom is 0.0278 e. The summed E-state index contributed by atoms with van der Waals surface area (Å²) in [5.74, 6) is 0.963. The Balaban J connectivity index is 1.36. The molecule has 0 bridgehead atoms. The van der Waals surface area contributed by atoms with Gasteiger partial charge in [-0.2, -0.15) is 0 Å². The van der Waals surface area contributed by atoms with Gasteiger partial charge in [-0.05, 0) is 275 Å². The smallest absolute Gasteiger partial charge is 0.0278 e. The summed E-state index contributed by atoms with van der Waals surface area (Å²) in [6, 6.07) is 0. The van der Waals surface area contributed by atoms with Crippen LogP contribution in [-0.2, 0) is 0 Å². The minimum Gasteiger partial charge on any atom is -0.0946 e. The standard InChI is InChI=1S/C71H98/c1-34-31-50(38(5)36(34)3)58-43(10)42(9)55-46(13)56-44(11)54(45(12)57(56)47(14)59(55)58)52-33-53(41(8)40(52)7)63-61-49(16)64(68(23,24)70(27,28)66(17,18)19)62(51-32-35(2)37(4)39(51)6)60(61)48(15)65(63)69(25,26)71(29,30)67(20,21)22/h44,58,64-65H,15-16,31-33H2,1-14,17-30H3. The Bertz CT molecular complexity index is 3030. The van der Waals surface area contributed by atoms with Crippen LogP contribution < -0.4 is 0 Å². The highest BCUT2D eigenvalue weighted by Crippen LogP contribution is 2.71. The van der Waals surface area contributed by atoms with Gasteiger partial charge in [-0.1, -0.05) is 139 Å². The summed E-state index contributed by atoms with van der Waals surface area (Å²) in [6.07, 6.45) is 3.05. The van der Waals surface area contributed by atoms with Crippen molar-refractivity contribution in [3.8, 4) is 0 Å². The van der Waals surface area contributed by atoms with E-state index in [1.807, 2.05) is 0 Å². The summed E-state index contributed by atoms with van der Waals surface area (Å²) in [5, 5.41) is 0. The monoisotopic (exact) mass is 951 g/mol. The van der Waals surface area contributed by atoms with Gasteiger partial charge in [0, 0.05) is 23.7 Å². The van der Waals surface area contributed by atoms with Crippen molar-refractivity contribution >= 4 is 11.1 Å². The third kappa shape index (κ3) is 6.78. The molecule has 0 radical (unpaired) electrons. The molecule has 7 aliphatic carbocycles. The molecule has 0 heteroatoms. The lowest BCUT2D eigenvalue weighted by atomic mass is 9.48. The second-order valence-electron chi connectivity index (χ2n) is 28.8. The molecule has 8 rings (SSSR count). The highest BCUT2D eigenvalue weighted by molar-refractivity contribution is 5.92. The van der Waals surface area contributed by atoms with Crippen LogP contribution in [-0.4, -0.2) is 0 Å². The van der Waals surface area contributed by atoms with Gasteiger partial charge < -0.3 is 0 Å². The molecule has 0 saturated carbocycles. The molecule has 0 amide bonds. The van der Waals surface area contributed by atoms with Crippen LogP contribution in [0.5, 0.6) is 0 Å². The highest BCUT2D eigenvalue weighted by Gasteiger charge is 2.61. The number of fused-ring (bicyclic) bond motifs is 3. The van der Waals surface area contributed by atoms with Crippen molar-refractivity contribution in [2.45, 2.75) is 225 Å². The van der Waals surface area contributed by atoms with Crippen molar-refractivity contribution in [3.63, 3.8) is 0 Å². The van der Waals surface area contributed by atoms with Crippen molar-refractivity contribution < 1.29 is 0 Å². The molecule has 0 heterocycles. The van der Waals surface area contributed by atoms with E-state index < -0.39 is 0 Å². The van der Waals surface area contributed by atoms with Crippen LogP contribution in [0.1, 0.15) is 244 Å². The van der Waals surface area contributed by atoms with Gasteiger partial charge in [-0.3, -0.25) is 0 Å². The van der Waals surface area contributed by atoms with Crippen molar-refractivity contribution in [1.82, 2.24) is 0 Å². The molecule has 0 nitrogen and oxygen atoms in total. The molecule has 71 heavy (non-hydrogen) atoms. The van der Waals surface area contributed by atoms with Gasteiger partial charge in [0.1, 0.15) is 0 Å². The van der Waals surface area contributed by atoms with Gasteiger partial charge in [0.2, 0.25) is 0 Å². The zero-order chi connectivity index (χ0) is 53.6. The van der Waals surface area contributed by atoms with E-state index in [-0.39, 0.29) is 44.3 Å². The highest BCUT2D eigenvalue weighted by atomic mass is 14.6. The Morgan fingerprint density at radius 2 is 0.761 bits per heavy atom. The van der Waals surface area contributed by atoms with Crippen molar-refractivity contribution in [3.05, 3.63) is 158 Å². The first-order valence-corrected chi connectivity index (χ1v) is 27.8. The summed E-state index contributed by atoms with van der Waals surface area (Å²) in [5.41, 5.74) is 42.0. The van der Waals surface area contributed by atoms with Crippen LogP contribution >= 0.6 is 0 Å². The van der Waals surface area contributed by atoms with Gasteiger partial charge in [-0.25, -0.2) is 0 Å². The quantitative estimate of drug-likeness (QED) is 0.244. The van der Waals surface area contributed by atoms with Gasteiger partial charge >= 0.3 is 0 Å². The van der Waals surface area contributed by atoms with E-state index in [1.54, 1.807) is 39.0 Å². The minimum atomic E-state index is -0.142. The average Bonchev–Trinajstić information content (AvgIpc) is 4.07. The lowest BCUT2D eigenvalue weighted by Crippen LogP contribution is -2.48. The molecule has 1 aromatic carbocycles. The lowest BCUT2D eigenvalue weighted by Gasteiger charge is -2.55. The molecule has 0 aliphatic heterocycles. The SMILES string of the molecule is C=C1C2=C(C3=C(C)C(C)=C(C4=C(C)c5c(C)c6c(c(C)c5C4C)C(C)=C(C)C6C4=C(C)C(C)=C(C)C4)C3)C(C(C)(C)C(C)(C)C(C)(C)C)C(=C)C2=C(C2=C(C)C(C)=C(C)C2)C1C(C)(C)C(C)(C)C(C)(C)C. The molecule has 4 atom stereocenters. The van der Waals surface area contributed by atoms with E-state index in [1.165, 1.54) is 117 Å². The fraction of sp³-hybridized carbons (Fsp3) is 0.577. The molecule has 0 aromatic heterocycles. The Hall–Kier alpha value is -3.90. The molecule has 7 aliphatic rings. The summed E-state index contributed by atoms with van der Waals surface area (Å²) in [7, 11) is 0. The maximum atomic E-state index is 5.38. The molecule has 1 aromatic rings. The van der Waals surface area contributed by atoms with Crippen molar-refractivity contribution in [1.29, 1.82) is 0 Å². The molecular formula is C71H98. The van der Waals surface area contributed by atoms with Crippen molar-refractivity contribution in [2.24, 2.45) is 44.3 Å². The second-order valence-corrected chi connectivity index (χ2v) is 28.8. The number of rotatable bonds is 8. The third-order valence-electron chi connectivity index (χ3n) is 23.9. The number of hydrogen-bond donors (Lipinski definition) is 0. The predicted molar refractivity (Wildman–Crippen MR) is 313 cm³/mol. The summed E-state index contributed by atoms with van der Waals surface area (Å²) in [4.78, 5) is 0. The van der Waals surface area contributed by atoms with Crippen LogP contribution in [0.2, 0.25) is 0 Å². The van der Waals surface area contributed by atoms with Crippen LogP contribution in [0.3, 0.4) is 0 Å². The normalized spacial score (nSPS) is 25.1. The Kier molecular flexibility index (Phi) is 12.3. The number of benzene rings is 1. The van der Waals surface area contributed by atoms with Gasteiger partial charge in [0.05, 0.1) is 0 Å². The zero-order valence-corrected chi connectivity index (χ0v) is 50.8. The van der Waals surface area contributed by atoms with Crippen molar-refractivity contribution in [2.75, 3.05) is 0 Å². The minimum absolute atomic E-state index is 0.0196. The predicted octanol–water partition coefficient (Wildman–Crippen LogP) is 21.4. The molecule has 0 N–H and O–H groups in total. The molecular weight excluding hydrogens is 853 g/mol. The molecule has 0 saturated heterocycles. The van der Waals surface area contributed by atoms with E-state index in [0.29, 0.717) is 11.8 Å². The lowest BCUT2D eigenvalue weighted by molar-refractivity contribution is -0.0298. The largest absolute Gasteiger partial charge is 0.0946 e. The summed E-state index contributed by atoms with van der Waals surface area (Å²) >= 11 is 0. The number of allylic oxidation sites excluding steroid dienone is 22. The Morgan fingerprint density at radius 3 is 1.15 bits per heavy atom.